The Bertz CT molecular complexity index is 363. The highest BCUT2D eigenvalue weighted by Gasteiger charge is 2.42. The van der Waals surface area contributed by atoms with Crippen molar-refractivity contribution in [3.8, 4) is 0 Å². The molecule has 3 atom stereocenters. The summed E-state index contributed by atoms with van der Waals surface area (Å²) < 4.78 is 28.5. The Labute approximate surface area is 108 Å². The van der Waals surface area contributed by atoms with E-state index in [9.17, 15) is 8.42 Å². The summed E-state index contributed by atoms with van der Waals surface area (Å²) in [4.78, 5) is 0. The van der Waals surface area contributed by atoms with Gasteiger partial charge in [0.15, 0.2) is 0 Å². The third-order valence-electron chi connectivity index (χ3n) is 3.70. The molecule has 0 bridgehead atoms. The number of hydrogen-bond acceptors (Lipinski definition) is 5. The second-order valence-electron chi connectivity index (χ2n) is 5.34. The van der Waals surface area contributed by atoms with E-state index in [1.807, 2.05) is 11.8 Å². The van der Waals surface area contributed by atoms with Crippen molar-refractivity contribution in [3.63, 3.8) is 0 Å². The van der Waals surface area contributed by atoms with Gasteiger partial charge in [-0.05, 0) is 30.9 Å². The van der Waals surface area contributed by atoms with Crippen LogP contribution < -0.4 is 5.73 Å². The molecule has 3 unspecified atom stereocenters. The fourth-order valence-corrected chi connectivity index (χ4v) is 5.13. The monoisotopic (exact) mass is 279 g/mol. The van der Waals surface area contributed by atoms with E-state index in [4.69, 9.17) is 10.5 Å². The molecule has 0 aromatic heterocycles. The molecule has 4 nitrogen and oxygen atoms in total. The summed E-state index contributed by atoms with van der Waals surface area (Å²) in [6.07, 6.45) is 4.16. The molecule has 0 amide bonds. The SMILES string of the molecule is CS(=O)(=O)CC(N)C1CCOC2(CCSC2)C1. The Kier molecular flexibility index (Phi) is 4.07. The molecular weight excluding hydrogens is 258 g/mol. The molecule has 0 saturated carbocycles. The number of rotatable bonds is 3. The number of nitrogens with two attached hydrogens (primary N) is 1. The molecule has 2 aliphatic rings. The van der Waals surface area contributed by atoms with Crippen molar-refractivity contribution in [1.82, 2.24) is 0 Å². The van der Waals surface area contributed by atoms with Gasteiger partial charge >= 0.3 is 0 Å². The zero-order chi connectivity index (χ0) is 12.5. The minimum Gasteiger partial charge on any atom is -0.374 e. The predicted molar refractivity (Wildman–Crippen MR) is 71.0 cm³/mol. The van der Waals surface area contributed by atoms with Crippen LogP contribution >= 0.6 is 11.8 Å². The van der Waals surface area contributed by atoms with Gasteiger partial charge in [0.05, 0.1) is 11.4 Å². The molecule has 2 heterocycles. The third-order valence-corrected chi connectivity index (χ3v) is 5.91. The van der Waals surface area contributed by atoms with Crippen LogP contribution in [0.2, 0.25) is 0 Å². The Hall–Kier alpha value is 0.220. The molecule has 0 aromatic rings. The summed E-state index contributed by atoms with van der Waals surface area (Å²) >= 11 is 1.92. The van der Waals surface area contributed by atoms with Crippen LogP contribution in [0.25, 0.3) is 0 Å². The third kappa shape index (κ3) is 3.59. The minimum atomic E-state index is -2.98. The molecule has 0 aromatic carbocycles. The molecule has 17 heavy (non-hydrogen) atoms. The highest BCUT2D eigenvalue weighted by Crippen LogP contribution is 2.41. The number of ether oxygens (including phenoxy) is 1. The first-order valence-corrected chi connectivity index (χ1v) is 9.27. The van der Waals surface area contributed by atoms with Gasteiger partial charge < -0.3 is 10.5 Å². The maximum atomic E-state index is 11.3. The lowest BCUT2D eigenvalue weighted by atomic mass is 9.82. The van der Waals surface area contributed by atoms with Crippen LogP contribution in [0.4, 0.5) is 0 Å². The number of sulfone groups is 1. The van der Waals surface area contributed by atoms with Gasteiger partial charge in [-0.1, -0.05) is 0 Å². The molecule has 6 heteroatoms. The van der Waals surface area contributed by atoms with Crippen LogP contribution in [-0.2, 0) is 14.6 Å². The average Bonchev–Trinajstić information content (AvgIpc) is 2.64. The van der Waals surface area contributed by atoms with Gasteiger partial charge in [-0.2, -0.15) is 11.8 Å². The van der Waals surface area contributed by atoms with E-state index in [0.29, 0.717) is 0 Å². The van der Waals surface area contributed by atoms with Crippen LogP contribution in [0.1, 0.15) is 19.3 Å². The number of hydrogen-bond donors (Lipinski definition) is 1. The Morgan fingerprint density at radius 3 is 2.94 bits per heavy atom. The minimum absolute atomic E-state index is 0.0112. The first-order chi connectivity index (χ1) is 7.90. The molecule has 2 aliphatic heterocycles. The first kappa shape index (κ1) is 13.6. The van der Waals surface area contributed by atoms with E-state index in [1.165, 1.54) is 6.26 Å². The van der Waals surface area contributed by atoms with Crippen molar-refractivity contribution >= 4 is 21.6 Å². The zero-order valence-electron chi connectivity index (χ0n) is 10.2. The van der Waals surface area contributed by atoms with Gasteiger partial charge in [0.2, 0.25) is 0 Å². The van der Waals surface area contributed by atoms with Gasteiger partial charge in [-0.3, -0.25) is 0 Å². The van der Waals surface area contributed by atoms with E-state index >= 15 is 0 Å². The van der Waals surface area contributed by atoms with E-state index in [1.54, 1.807) is 0 Å². The summed E-state index contributed by atoms with van der Waals surface area (Å²) in [5.74, 6) is 2.57. The lowest BCUT2D eigenvalue weighted by Crippen LogP contribution is -2.47. The molecular formula is C11H21NO3S2. The Morgan fingerprint density at radius 2 is 2.35 bits per heavy atom. The van der Waals surface area contributed by atoms with E-state index in [2.05, 4.69) is 0 Å². The van der Waals surface area contributed by atoms with Gasteiger partial charge in [0.25, 0.3) is 0 Å². The Balaban J connectivity index is 1.97. The largest absolute Gasteiger partial charge is 0.374 e. The lowest BCUT2D eigenvalue weighted by Gasteiger charge is -2.39. The second kappa shape index (κ2) is 5.07. The fraction of sp³-hybridized carbons (Fsp3) is 1.00. The molecule has 2 saturated heterocycles. The summed E-state index contributed by atoms with van der Waals surface area (Å²) in [6, 6.07) is -0.239. The lowest BCUT2D eigenvalue weighted by molar-refractivity contribution is -0.0821. The van der Waals surface area contributed by atoms with Crippen molar-refractivity contribution in [1.29, 1.82) is 0 Å². The molecule has 2 N–H and O–H groups in total. The quantitative estimate of drug-likeness (QED) is 0.822. The molecule has 0 radical (unpaired) electrons. The smallest absolute Gasteiger partial charge is 0.148 e. The van der Waals surface area contributed by atoms with E-state index in [-0.39, 0.29) is 23.3 Å². The standard InChI is InChI=1S/C11H21NO3S2/c1-17(13,14)7-10(12)9-2-4-15-11(6-9)3-5-16-8-11/h9-10H,2-8,12H2,1H3. The van der Waals surface area contributed by atoms with Crippen molar-refractivity contribution in [2.24, 2.45) is 11.7 Å². The summed E-state index contributed by atoms with van der Waals surface area (Å²) in [6.45, 7) is 0.725. The summed E-state index contributed by atoms with van der Waals surface area (Å²) in [5, 5.41) is 0. The van der Waals surface area contributed by atoms with Crippen molar-refractivity contribution in [3.05, 3.63) is 0 Å². The Morgan fingerprint density at radius 1 is 1.59 bits per heavy atom. The average molecular weight is 279 g/mol. The summed E-state index contributed by atoms with van der Waals surface area (Å²) in [5.41, 5.74) is 6.03. The van der Waals surface area contributed by atoms with E-state index < -0.39 is 9.84 Å². The molecule has 2 fully saturated rings. The zero-order valence-corrected chi connectivity index (χ0v) is 11.9. The van der Waals surface area contributed by atoms with Gasteiger partial charge in [-0.25, -0.2) is 8.42 Å². The highest BCUT2D eigenvalue weighted by molar-refractivity contribution is 7.99. The predicted octanol–water partition coefficient (Wildman–Crippen LogP) is 0.661. The van der Waals surface area contributed by atoms with Crippen LogP contribution in [0.15, 0.2) is 0 Å². The maximum Gasteiger partial charge on any atom is 0.148 e. The highest BCUT2D eigenvalue weighted by atomic mass is 32.2. The molecule has 2 rings (SSSR count). The molecule has 1 spiro atoms. The van der Waals surface area contributed by atoms with Gasteiger partial charge in [0, 0.05) is 24.7 Å². The molecule has 100 valence electrons. The summed E-state index contributed by atoms with van der Waals surface area (Å²) in [7, 11) is -2.98. The van der Waals surface area contributed by atoms with Gasteiger partial charge in [-0.15, -0.1) is 0 Å². The topological polar surface area (TPSA) is 69.4 Å². The molecule has 0 aliphatic carbocycles. The van der Waals surface area contributed by atoms with Crippen molar-refractivity contribution in [2.75, 3.05) is 30.1 Å². The van der Waals surface area contributed by atoms with E-state index in [0.717, 1.165) is 37.4 Å². The van der Waals surface area contributed by atoms with Crippen molar-refractivity contribution in [2.45, 2.75) is 30.9 Å². The van der Waals surface area contributed by atoms with Crippen LogP contribution in [0, 0.1) is 5.92 Å². The van der Waals surface area contributed by atoms with Crippen LogP contribution in [0.3, 0.4) is 0 Å². The second-order valence-corrected chi connectivity index (χ2v) is 8.63. The fourth-order valence-electron chi connectivity index (χ4n) is 2.78. The van der Waals surface area contributed by atoms with Crippen LogP contribution in [-0.4, -0.2) is 50.2 Å². The number of thioether (sulfide) groups is 1. The van der Waals surface area contributed by atoms with Crippen LogP contribution in [0.5, 0.6) is 0 Å². The van der Waals surface area contributed by atoms with Gasteiger partial charge in [0.1, 0.15) is 9.84 Å². The van der Waals surface area contributed by atoms with Crippen molar-refractivity contribution < 1.29 is 13.2 Å². The first-order valence-electron chi connectivity index (χ1n) is 6.05. The maximum absolute atomic E-state index is 11.3. The normalized spacial score (nSPS) is 36.2.